The summed E-state index contributed by atoms with van der Waals surface area (Å²) in [6.07, 6.45) is 4.41. The average molecular weight is 401 g/mol. The van der Waals surface area contributed by atoms with E-state index in [9.17, 15) is 13.2 Å². The molecule has 8 heteroatoms. The maximum absolute atomic E-state index is 12.2. The highest BCUT2D eigenvalue weighted by atomic mass is 35.5. The number of nitriles is 1. The van der Waals surface area contributed by atoms with Crippen molar-refractivity contribution in [1.82, 2.24) is 4.72 Å². The van der Waals surface area contributed by atoms with Crippen LogP contribution < -0.4 is 9.46 Å². The van der Waals surface area contributed by atoms with Gasteiger partial charge in [-0.05, 0) is 54.1 Å². The first-order chi connectivity index (χ1) is 12.9. The summed E-state index contributed by atoms with van der Waals surface area (Å²) in [5.74, 6) is -0.110. The Hall–Kier alpha value is -3.08. The number of sulfonamides is 1. The molecule has 6 nitrogen and oxygen atoms in total. The van der Waals surface area contributed by atoms with Gasteiger partial charge in [0, 0.05) is 16.7 Å². The molecule has 1 amide bonds. The highest BCUT2D eigenvalue weighted by Gasteiger charge is 2.16. The molecule has 3 rings (SSSR count). The number of rotatable bonds is 4. The first-order valence-electron chi connectivity index (χ1n) is 7.75. The molecule has 0 atom stereocenters. The number of benzene rings is 2. The number of hydrogen-bond acceptors (Lipinski definition) is 5. The summed E-state index contributed by atoms with van der Waals surface area (Å²) in [5.41, 5.74) is 1.79. The molecule has 0 fully saturated rings. The molecule has 0 aromatic heterocycles. The van der Waals surface area contributed by atoms with Gasteiger partial charge in [0.2, 0.25) is 0 Å². The predicted octanol–water partition coefficient (Wildman–Crippen LogP) is 3.05. The lowest BCUT2D eigenvalue weighted by molar-refractivity contribution is -0.114. The second-order valence-corrected chi connectivity index (χ2v) is 7.75. The molecule has 0 radical (unpaired) electrons. The van der Waals surface area contributed by atoms with E-state index in [1.54, 1.807) is 18.2 Å². The lowest BCUT2D eigenvalue weighted by atomic mass is 10.1. The third kappa shape index (κ3) is 4.56. The van der Waals surface area contributed by atoms with E-state index in [2.05, 4.69) is 0 Å². The van der Waals surface area contributed by atoms with Crippen LogP contribution in [0.2, 0.25) is 5.02 Å². The Kier molecular flexibility index (Phi) is 5.31. The van der Waals surface area contributed by atoms with Crippen LogP contribution in [0.5, 0.6) is 5.75 Å². The number of carbonyl (C=O) groups is 1. The SMILES string of the molecule is N#Cc1ccc(S(=O)(=O)NC(=O)C=CC2=Cc3cc(Cl)ccc3OC2)cc1. The zero-order chi connectivity index (χ0) is 19.4. The molecular weight excluding hydrogens is 388 g/mol. The van der Waals surface area contributed by atoms with E-state index in [1.807, 2.05) is 16.9 Å². The Balaban J connectivity index is 1.71. The molecule has 0 saturated heterocycles. The Morgan fingerprint density at radius 2 is 1.96 bits per heavy atom. The monoisotopic (exact) mass is 400 g/mol. The van der Waals surface area contributed by atoms with E-state index in [4.69, 9.17) is 21.6 Å². The minimum Gasteiger partial charge on any atom is -0.488 e. The normalized spacial score (nSPS) is 13.3. The second-order valence-electron chi connectivity index (χ2n) is 5.63. The number of ether oxygens (including phenoxy) is 1. The van der Waals surface area contributed by atoms with Crippen molar-refractivity contribution in [1.29, 1.82) is 5.26 Å². The molecule has 2 aromatic rings. The molecule has 0 spiro atoms. The number of amides is 1. The molecule has 1 N–H and O–H groups in total. The molecule has 0 saturated carbocycles. The molecule has 0 bridgehead atoms. The van der Waals surface area contributed by atoms with Crippen LogP contribution >= 0.6 is 11.6 Å². The standard InChI is InChI=1S/C19H13ClN2O4S/c20-16-4-7-18-15(10-16)9-14(12-26-18)3-8-19(23)22-27(24,25)17-5-1-13(11-21)2-6-17/h1-10H,12H2,(H,22,23). The summed E-state index contributed by atoms with van der Waals surface area (Å²) >= 11 is 5.95. The van der Waals surface area contributed by atoms with E-state index in [0.717, 1.165) is 11.6 Å². The maximum atomic E-state index is 12.2. The molecule has 136 valence electrons. The van der Waals surface area contributed by atoms with Gasteiger partial charge in [0.05, 0.1) is 16.5 Å². The van der Waals surface area contributed by atoms with Gasteiger partial charge in [0.25, 0.3) is 15.9 Å². The van der Waals surface area contributed by atoms with Crippen molar-refractivity contribution in [3.05, 3.63) is 76.3 Å². The smallest absolute Gasteiger partial charge is 0.264 e. The molecule has 2 aromatic carbocycles. The summed E-state index contributed by atoms with van der Waals surface area (Å²) in [7, 11) is -4.02. The van der Waals surface area contributed by atoms with Crippen LogP contribution in [0, 0.1) is 11.3 Å². The van der Waals surface area contributed by atoms with Gasteiger partial charge >= 0.3 is 0 Å². The lowest BCUT2D eigenvalue weighted by Gasteiger charge is -2.16. The Bertz CT molecular complexity index is 1100. The van der Waals surface area contributed by atoms with Crippen LogP contribution in [0.25, 0.3) is 6.08 Å². The third-order valence-electron chi connectivity index (χ3n) is 3.68. The number of nitrogens with zero attached hydrogens (tertiary/aromatic N) is 1. The topological polar surface area (TPSA) is 96.3 Å². The summed E-state index contributed by atoms with van der Waals surface area (Å²) in [6.45, 7) is 0.251. The number of hydrogen-bond donors (Lipinski definition) is 1. The number of fused-ring (bicyclic) bond motifs is 1. The van der Waals surface area contributed by atoms with Gasteiger partial charge in [-0.3, -0.25) is 4.79 Å². The fourth-order valence-corrected chi connectivity index (χ4v) is 3.50. The fourth-order valence-electron chi connectivity index (χ4n) is 2.38. The summed E-state index contributed by atoms with van der Waals surface area (Å²) < 4.78 is 31.9. The first kappa shape index (κ1) is 18.7. The van der Waals surface area contributed by atoms with Crippen molar-refractivity contribution in [2.45, 2.75) is 4.90 Å². The van der Waals surface area contributed by atoms with E-state index in [-0.39, 0.29) is 11.5 Å². The highest BCUT2D eigenvalue weighted by Crippen LogP contribution is 2.29. The minimum atomic E-state index is -4.02. The quantitative estimate of drug-likeness (QED) is 0.795. The van der Waals surface area contributed by atoms with Crippen LogP contribution in [-0.2, 0) is 14.8 Å². The zero-order valence-electron chi connectivity index (χ0n) is 13.8. The zero-order valence-corrected chi connectivity index (χ0v) is 15.4. The van der Waals surface area contributed by atoms with Crippen molar-refractivity contribution in [2.24, 2.45) is 0 Å². The Morgan fingerprint density at radius 3 is 2.67 bits per heavy atom. The average Bonchev–Trinajstić information content (AvgIpc) is 2.65. The van der Waals surface area contributed by atoms with Crippen molar-refractivity contribution in [3.8, 4) is 11.8 Å². The summed E-state index contributed by atoms with van der Waals surface area (Å²) in [4.78, 5) is 11.9. The van der Waals surface area contributed by atoms with Crippen LogP contribution in [0.15, 0.2) is 65.1 Å². The van der Waals surface area contributed by atoms with Crippen LogP contribution in [0.3, 0.4) is 0 Å². The van der Waals surface area contributed by atoms with Gasteiger partial charge in [-0.15, -0.1) is 0 Å². The first-order valence-corrected chi connectivity index (χ1v) is 9.61. The maximum Gasteiger partial charge on any atom is 0.264 e. The number of carbonyl (C=O) groups excluding carboxylic acids is 1. The second kappa shape index (κ2) is 7.66. The van der Waals surface area contributed by atoms with E-state index in [1.165, 1.54) is 30.3 Å². The predicted molar refractivity (Wildman–Crippen MR) is 101 cm³/mol. The van der Waals surface area contributed by atoms with Gasteiger partial charge in [0.15, 0.2) is 0 Å². The van der Waals surface area contributed by atoms with Crippen molar-refractivity contribution < 1.29 is 17.9 Å². The van der Waals surface area contributed by atoms with Crippen molar-refractivity contribution in [2.75, 3.05) is 6.61 Å². The number of halogens is 1. The lowest BCUT2D eigenvalue weighted by Crippen LogP contribution is -2.29. The minimum absolute atomic E-state index is 0.105. The highest BCUT2D eigenvalue weighted by molar-refractivity contribution is 7.90. The van der Waals surface area contributed by atoms with Crippen LogP contribution in [-0.4, -0.2) is 20.9 Å². The molecule has 1 aliphatic rings. The van der Waals surface area contributed by atoms with Gasteiger partial charge < -0.3 is 4.74 Å². The van der Waals surface area contributed by atoms with Crippen LogP contribution in [0.4, 0.5) is 0 Å². The molecular formula is C19H13ClN2O4S. The fraction of sp³-hybridized carbons (Fsp3) is 0.0526. The summed E-state index contributed by atoms with van der Waals surface area (Å²) in [6, 6.07) is 12.3. The van der Waals surface area contributed by atoms with Crippen molar-refractivity contribution >= 4 is 33.6 Å². The molecule has 27 heavy (non-hydrogen) atoms. The van der Waals surface area contributed by atoms with Crippen molar-refractivity contribution in [3.63, 3.8) is 0 Å². The van der Waals surface area contributed by atoms with Gasteiger partial charge in [-0.25, -0.2) is 13.1 Å². The van der Waals surface area contributed by atoms with E-state index >= 15 is 0 Å². The largest absolute Gasteiger partial charge is 0.488 e. The molecule has 0 aliphatic carbocycles. The summed E-state index contributed by atoms with van der Waals surface area (Å²) in [5, 5.41) is 9.31. The van der Waals surface area contributed by atoms with Gasteiger partial charge in [0.1, 0.15) is 12.4 Å². The number of nitrogens with one attached hydrogen (secondary N) is 1. The Labute approximate surface area is 161 Å². The van der Waals surface area contributed by atoms with Gasteiger partial charge in [-0.2, -0.15) is 5.26 Å². The van der Waals surface area contributed by atoms with E-state index < -0.39 is 15.9 Å². The Morgan fingerprint density at radius 1 is 1.22 bits per heavy atom. The molecule has 0 unspecified atom stereocenters. The molecule has 1 aliphatic heterocycles. The van der Waals surface area contributed by atoms with Crippen LogP contribution in [0.1, 0.15) is 11.1 Å². The molecule has 1 heterocycles. The third-order valence-corrected chi connectivity index (χ3v) is 5.28. The van der Waals surface area contributed by atoms with E-state index in [0.29, 0.717) is 21.9 Å². The van der Waals surface area contributed by atoms with Gasteiger partial charge in [-0.1, -0.05) is 17.7 Å².